The van der Waals surface area contributed by atoms with Gasteiger partial charge in [-0.15, -0.1) is 0 Å². The Balaban J connectivity index is 1.60. The lowest BCUT2D eigenvalue weighted by molar-refractivity contribution is 0.539. The van der Waals surface area contributed by atoms with Gasteiger partial charge in [0, 0.05) is 46.6 Å². The molecular weight excluding hydrogens is 434 g/mol. The van der Waals surface area contributed by atoms with Crippen molar-refractivity contribution in [2.75, 3.05) is 0 Å². The number of hydrogen-bond donors (Lipinski definition) is 0. The van der Waals surface area contributed by atoms with Crippen LogP contribution in [0.5, 0.6) is 0 Å². The summed E-state index contributed by atoms with van der Waals surface area (Å²) in [5.74, 6) is 2.50. The zero-order valence-corrected chi connectivity index (χ0v) is 19.1. The topological polar surface area (TPSA) is 77.6 Å². The standard InChI is InChI=1S/C29H21N5O/c1-2-25-31-24-17-22(16-23(26(24)35-25)21-14-9-15-30-18-21)29-33-27(19-10-5-3-6-11-19)32-28(34-29)20-12-7-4-8-13-20/h3-18H,2H2,1H3. The monoisotopic (exact) mass is 455 g/mol. The van der Waals surface area contributed by atoms with Gasteiger partial charge in [-0.05, 0) is 18.2 Å². The predicted molar refractivity (Wildman–Crippen MR) is 136 cm³/mol. The van der Waals surface area contributed by atoms with E-state index in [1.165, 1.54) is 0 Å². The molecule has 0 aliphatic carbocycles. The molecule has 6 heteroatoms. The molecule has 0 spiro atoms. The molecule has 0 aliphatic heterocycles. The van der Waals surface area contributed by atoms with Crippen LogP contribution in [0.15, 0.2) is 102 Å². The van der Waals surface area contributed by atoms with E-state index in [0.717, 1.165) is 38.9 Å². The number of rotatable bonds is 5. The smallest absolute Gasteiger partial charge is 0.195 e. The minimum absolute atomic E-state index is 0.575. The molecule has 0 atom stereocenters. The predicted octanol–water partition coefficient (Wildman–Crippen LogP) is 6.64. The third kappa shape index (κ3) is 4.06. The second kappa shape index (κ2) is 8.91. The molecular formula is C29H21N5O. The van der Waals surface area contributed by atoms with E-state index in [-0.39, 0.29) is 0 Å². The summed E-state index contributed by atoms with van der Waals surface area (Å²) < 4.78 is 6.09. The molecule has 3 aromatic heterocycles. The van der Waals surface area contributed by atoms with E-state index in [1.54, 1.807) is 6.20 Å². The summed E-state index contributed by atoms with van der Waals surface area (Å²) in [4.78, 5) is 23.5. The fourth-order valence-corrected chi connectivity index (χ4v) is 4.03. The maximum atomic E-state index is 6.09. The highest BCUT2D eigenvalue weighted by atomic mass is 16.3. The zero-order chi connectivity index (χ0) is 23.6. The number of nitrogens with zero attached hydrogens (tertiary/aromatic N) is 5. The SMILES string of the molecule is CCc1nc2cc(-c3nc(-c4ccccc4)nc(-c4ccccc4)n3)cc(-c3cccnc3)c2o1. The maximum Gasteiger partial charge on any atom is 0.195 e. The van der Waals surface area contributed by atoms with Crippen LogP contribution in [0, 0.1) is 0 Å². The van der Waals surface area contributed by atoms with Crippen molar-refractivity contribution in [2.24, 2.45) is 0 Å². The first kappa shape index (κ1) is 20.9. The van der Waals surface area contributed by atoms with Crippen LogP contribution in [0.3, 0.4) is 0 Å². The highest BCUT2D eigenvalue weighted by Gasteiger charge is 2.17. The third-order valence-corrected chi connectivity index (χ3v) is 5.77. The number of oxazole rings is 1. The molecule has 35 heavy (non-hydrogen) atoms. The molecule has 3 heterocycles. The van der Waals surface area contributed by atoms with Gasteiger partial charge in [-0.1, -0.05) is 73.7 Å². The number of pyridine rings is 1. The van der Waals surface area contributed by atoms with Gasteiger partial charge in [0.25, 0.3) is 0 Å². The summed E-state index contributed by atoms with van der Waals surface area (Å²) in [5, 5.41) is 0. The zero-order valence-electron chi connectivity index (χ0n) is 19.1. The Bertz CT molecular complexity index is 1560. The maximum absolute atomic E-state index is 6.09. The third-order valence-electron chi connectivity index (χ3n) is 5.77. The fourth-order valence-electron chi connectivity index (χ4n) is 4.03. The average Bonchev–Trinajstić information content (AvgIpc) is 3.37. The lowest BCUT2D eigenvalue weighted by Crippen LogP contribution is -2.00. The molecule has 0 saturated carbocycles. The van der Waals surface area contributed by atoms with Crippen LogP contribution in [-0.2, 0) is 6.42 Å². The Hall–Kier alpha value is -4.71. The highest BCUT2D eigenvalue weighted by molar-refractivity contribution is 5.94. The van der Waals surface area contributed by atoms with E-state index in [4.69, 9.17) is 24.4 Å². The Kier molecular flexibility index (Phi) is 5.31. The Morgan fingerprint density at radius 1 is 0.629 bits per heavy atom. The van der Waals surface area contributed by atoms with Crippen molar-refractivity contribution in [2.45, 2.75) is 13.3 Å². The van der Waals surface area contributed by atoms with E-state index in [1.807, 2.05) is 98.0 Å². The minimum atomic E-state index is 0.575. The summed E-state index contributed by atoms with van der Waals surface area (Å²) >= 11 is 0. The van der Waals surface area contributed by atoms with Crippen molar-refractivity contribution >= 4 is 11.1 Å². The number of benzene rings is 3. The van der Waals surface area contributed by atoms with Gasteiger partial charge in [-0.2, -0.15) is 0 Å². The number of fused-ring (bicyclic) bond motifs is 1. The van der Waals surface area contributed by atoms with Crippen LogP contribution in [0.1, 0.15) is 12.8 Å². The van der Waals surface area contributed by atoms with Gasteiger partial charge in [-0.3, -0.25) is 4.98 Å². The van der Waals surface area contributed by atoms with Crippen LogP contribution in [-0.4, -0.2) is 24.9 Å². The summed E-state index contributed by atoms with van der Waals surface area (Å²) in [7, 11) is 0. The first-order valence-corrected chi connectivity index (χ1v) is 11.5. The molecule has 0 aliphatic rings. The van der Waals surface area contributed by atoms with E-state index in [0.29, 0.717) is 29.8 Å². The van der Waals surface area contributed by atoms with Crippen molar-refractivity contribution in [1.82, 2.24) is 24.9 Å². The van der Waals surface area contributed by atoms with Crippen molar-refractivity contribution in [3.63, 3.8) is 0 Å². The molecule has 168 valence electrons. The van der Waals surface area contributed by atoms with Gasteiger partial charge in [0.15, 0.2) is 28.9 Å². The normalized spacial score (nSPS) is 11.1. The molecule has 3 aromatic carbocycles. The van der Waals surface area contributed by atoms with Gasteiger partial charge in [0.2, 0.25) is 0 Å². The van der Waals surface area contributed by atoms with Gasteiger partial charge in [0.05, 0.1) is 0 Å². The quantitative estimate of drug-likeness (QED) is 0.290. The minimum Gasteiger partial charge on any atom is -0.440 e. The largest absolute Gasteiger partial charge is 0.440 e. The molecule has 0 saturated heterocycles. The van der Waals surface area contributed by atoms with Crippen molar-refractivity contribution in [3.05, 3.63) is 103 Å². The molecule has 0 N–H and O–H groups in total. The fraction of sp³-hybridized carbons (Fsp3) is 0.0690. The highest BCUT2D eigenvalue weighted by Crippen LogP contribution is 2.34. The summed E-state index contributed by atoms with van der Waals surface area (Å²) in [6, 6.07) is 27.8. The van der Waals surface area contributed by atoms with Crippen molar-refractivity contribution < 1.29 is 4.42 Å². The summed E-state index contributed by atoms with van der Waals surface area (Å²) in [6.45, 7) is 2.03. The molecule has 6 rings (SSSR count). The second-order valence-electron chi connectivity index (χ2n) is 8.11. The second-order valence-corrected chi connectivity index (χ2v) is 8.11. The number of aromatic nitrogens is 5. The van der Waals surface area contributed by atoms with Crippen LogP contribution < -0.4 is 0 Å². The van der Waals surface area contributed by atoms with E-state index < -0.39 is 0 Å². The van der Waals surface area contributed by atoms with Gasteiger partial charge < -0.3 is 4.42 Å². The lowest BCUT2D eigenvalue weighted by atomic mass is 10.0. The van der Waals surface area contributed by atoms with E-state index >= 15 is 0 Å². The van der Waals surface area contributed by atoms with Gasteiger partial charge in [0.1, 0.15) is 5.52 Å². The van der Waals surface area contributed by atoms with E-state index in [2.05, 4.69) is 4.98 Å². The number of hydrogen-bond acceptors (Lipinski definition) is 6. The first-order valence-electron chi connectivity index (χ1n) is 11.5. The van der Waals surface area contributed by atoms with Crippen LogP contribution in [0.25, 0.3) is 56.4 Å². The summed E-state index contributed by atoms with van der Waals surface area (Å²) in [6.07, 6.45) is 4.29. The molecule has 6 nitrogen and oxygen atoms in total. The number of aryl methyl sites for hydroxylation is 1. The lowest BCUT2D eigenvalue weighted by Gasteiger charge is -2.10. The Morgan fingerprint density at radius 3 is 1.80 bits per heavy atom. The van der Waals surface area contributed by atoms with E-state index in [9.17, 15) is 0 Å². The molecule has 0 unspecified atom stereocenters. The molecule has 0 amide bonds. The molecule has 0 fully saturated rings. The first-order chi connectivity index (χ1) is 17.3. The van der Waals surface area contributed by atoms with Crippen LogP contribution >= 0.6 is 0 Å². The average molecular weight is 456 g/mol. The molecule has 6 aromatic rings. The summed E-state index contributed by atoms with van der Waals surface area (Å²) in [5.41, 5.74) is 6.04. The molecule has 0 radical (unpaired) electrons. The van der Waals surface area contributed by atoms with Crippen LogP contribution in [0.4, 0.5) is 0 Å². The van der Waals surface area contributed by atoms with Gasteiger partial charge >= 0.3 is 0 Å². The van der Waals surface area contributed by atoms with Crippen molar-refractivity contribution in [1.29, 1.82) is 0 Å². The Morgan fingerprint density at radius 2 is 1.23 bits per heavy atom. The van der Waals surface area contributed by atoms with Crippen LogP contribution in [0.2, 0.25) is 0 Å². The van der Waals surface area contributed by atoms with Crippen molar-refractivity contribution in [3.8, 4) is 45.3 Å². The Labute approximate surface area is 202 Å². The molecule has 0 bridgehead atoms. The van der Waals surface area contributed by atoms with Gasteiger partial charge in [-0.25, -0.2) is 19.9 Å².